The maximum Gasteiger partial charge on any atom is 0.416 e. The second-order valence-electron chi connectivity index (χ2n) is 7.95. The molecule has 28 heavy (non-hydrogen) atoms. The summed E-state index contributed by atoms with van der Waals surface area (Å²) in [5, 5.41) is 2.58. The van der Waals surface area contributed by atoms with Crippen molar-refractivity contribution < 1.29 is 31.1 Å². The molecule has 0 saturated heterocycles. The number of carbonyl (C=O) groups is 1. The largest absolute Gasteiger partial charge is 0.416 e. The van der Waals surface area contributed by atoms with Crippen LogP contribution in [0.15, 0.2) is 30.4 Å². The highest BCUT2D eigenvalue weighted by Crippen LogP contribution is 2.50. The topological polar surface area (TPSA) is 29.1 Å². The summed E-state index contributed by atoms with van der Waals surface area (Å²) in [7, 11) is 0. The molecule has 154 valence electrons. The van der Waals surface area contributed by atoms with Crippen LogP contribution in [-0.2, 0) is 23.7 Å². The Hall–Kier alpha value is -1.99. The Morgan fingerprint density at radius 2 is 1.64 bits per heavy atom. The maximum atomic E-state index is 13.0. The van der Waals surface area contributed by atoms with Gasteiger partial charge in [0.25, 0.3) is 0 Å². The third kappa shape index (κ3) is 4.70. The summed E-state index contributed by atoms with van der Waals surface area (Å²) < 4.78 is 77.8. The van der Waals surface area contributed by atoms with Crippen molar-refractivity contribution in [3.8, 4) is 0 Å². The molecule has 1 unspecified atom stereocenters. The van der Waals surface area contributed by atoms with E-state index in [9.17, 15) is 31.1 Å². The fourth-order valence-corrected chi connectivity index (χ4v) is 3.90. The Morgan fingerprint density at radius 1 is 1.07 bits per heavy atom. The molecule has 1 aromatic carbocycles. The molecular weight excluding hydrogens is 384 g/mol. The van der Waals surface area contributed by atoms with Crippen LogP contribution in [0.25, 0.3) is 0 Å². The molecule has 0 bridgehead atoms. The Labute approximate surface area is 159 Å². The summed E-state index contributed by atoms with van der Waals surface area (Å²) in [6.07, 6.45) is -5.19. The smallest absolute Gasteiger partial charge is 0.352 e. The molecule has 2 saturated carbocycles. The van der Waals surface area contributed by atoms with Crippen LogP contribution < -0.4 is 5.32 Å². The summed E-state index contributed by atoms with van der Waals surface area (Å²) >= 11 is 0. The maximum absolute atomic E-state index is 13.0. The van der Waals surface area contributed by atoms with Crippen LogP contribution in [0, 0.1) is 11.3 Å². The molecule has 8 heteroatoms. The Balaban J connectivity index is 1.79. The van der Waals surface area contributed by atoms with E-state index in [0.29, 0.717) is 43.7 Å². The van der Waals surface area contributed by atoms with Crippen molar-refractivity contribution in [2.75, 3.05) is 0 Å². The molecule has 0 radical (unpaired) electrons. The lowest BCUT2D eigenvalue weighted by Crippen LogP contribution is -2.39. The number of rotatable bonds is 5. The van der Waals surface area contributed by atoms with Gasteiger partial charge in [-0.1, -0.05) is 25.0 Å². The predicted molar refractivity (Wildman–Crippen MR) is 91.1 cm³/mol. The van der Waals surface area contributed by atoms with Gasteiger partial charge in [-0.2, -0.15) is 26.3 Å². The molecule has 2 fully saturated rings. The Bertz CT molecular complexity index is 746. The highest BCUT2D eigenvalue weighted by atomic mass is 19.4. The second kappa shape index (κ2) is 7.12. The van der Waals surface area contributed by atoms with E-state index in [0.717, 1.165) is 18.4 Å². The van der Waals surface area contributed by atoms with E-state index in [1.807, 2.05) is 0 Å². The summed E-state index contributed by atoms with van der Waals surface area (Å²) in [4.78, 5) is 12.8. The van der Waals surface area contributed by atoms with E-state index in [1.54, 1.807) is 0 Å². The summed E-state index contributed by atoms with van der Waals surface area (Å²) in [6.45, 7) is 3.54. The highest BCUT2D eigenvalue weighted by Gasteiger charge is 2.46. The zero-order valence-electron chi connectivity index (χ0n) is 15.1. The monoisotopic (exact) mass is 405 g/mol. The van der Waals surface area contributed by atoms with E-state index in [2.05, 4.69) is 11.9 Å². The van der Waals surface area contributed by atoms with Crippen LogP contribution >= 0.6 is 0 Å². The molecule has 2 aliphatic carbocycles. The molecule has 0 aromatic heterocycles. The van der Waals surface area contributed by atoms with Crippen LogP contribution in [0.2, 0.25) is 0 Å². The van der Waals surface area contributed by atoms with Crippen LogP contribution in [0.4, 0.5) is 26.3 Å². The van der Waals surface area contributed by atoms with E-state index < -0.39 is 28.9 Å². The number of hydrogen-bond donors (Lipinski definition) is 1. The SMILES string of the molecule is C=C1CCC(CC2CC2)(C(=O)NCc2cc(C(F)(F)F)cc(C(F)(F)F)c2)C1. The van der Waals surface area contributed by atoms with Gasteiger partial charge in [0.1, 0.15) is 0 Å². The van der Waals surface area contributed by atoms with Crippen molar-refractivity contribution >= 4 is 5.91 Å². The van der Waals surface area contributed by atoms with Crippen LogP contribution in [0.3, 0.4) is 0 Å². The van der Waals surface area contributed by atoms with Crippen molar-refractivity contribution in [3.05, 3.63) is 47.0 Å². The third-order valence-corrected chi connectivity index (χ3v) is 5.50. The average molecular weight is 405 g/mol. The number of hydrogen-bond acceptors (Lipinski definition) is 1. The van der Waals surface area contributed by atoms with Crippen molar-refractivity contribution in [2.45, 2.75) is 57.4 Å². The minimum atomic E-state index is -4.91. The van der Waals surface area contributed by atoms with E-state index in [4.69, 9.17) is 0 Å². The zero-order valence-corrected chi connectivity index (χ0v) is 15.1. The first-order valence-corrected chi connectivity index (χ1v) is 9.12. The number of carbonyl (C=O) groups excluding carboxylic acids is 1. The van der Waals surface area contributed by atoms with Gasteiger partial charge >= 0.3 is 12.4 Å². The molecule has 0 spiro atoms. The number of benzene rings is 1. The van der Waals surface area contributed by atoms with Gasteiger partial charge in [0.15, 0.2) is 0 Å². The Kier molecular flexibility index (Phi) is 5.27. The van der Waals surface area contributed by atoms with Gasteiger partial charge in [-0.15, -0.1) is 0 Å². The molecule has 2 nitrogen and oxygen atoms in total. The minimum Gasteiger partial charge on any atom is -0.352 e. The van der Waals surface area contributed by atoms with Gasteiger partial charge in [0, 0.05) is 6.54 Å². The summed E-state index contributed by atoms with van der Waals surface area (Å²) in [6, 6.07) is 1.38. The van der Waals surface area contributed by atoms with Crippen molar-refractivity contribution in [1.29, 1.82) is 0 Å². The van der Waals surface area contributed by atoms with Gasteiger partial charge in [0.2, 0.25) is 5.91 Å². The molecule has 1 amide bonds. The molecule has 1 aromatic rings. The third-order valence-electron chi connectivity index (χ3n) is 5.50. The first-order chi connectivity index (χ1) is 12.9. The summed E-state index contributed by atoms with van der Waals surface area (Å²) in [5.41, 5.74) is -2.68. The van der Waals surface area contributed by atoms with E-state index >= 15 is 0 Å². The molecule has 0 aliphatic heterocycles. The van der Waals surface area contributed by atoms with Crippen molar-refractivity contribution in [1.82, 2.24) is 5.32 Å². The van der Waals surface area contributed by atoms with Gasteiger partial charge < -0.3 is 5.32 Å². The van der Waals surface area contributed by atoms with Gasteiger partial charge in [-0.25, -0.2) is 0 Å². The predicted octanol–water partition coefficient (Wildman–Crippen LogP) is 5.87. The van der Waals surface area contributed by atoms with Crippen molar-refractivity contribution in [3.63, 3.8) is 0 Å². The minimum absolute atomic E-state index is 0.0842. The molecule has 0 heterocycles. The van der Waals surface area contributed by atoms with Gasteiger partial charge in [-0.05, 0) is 55.4 Å². The molecule has 3 rings (SSSR count). The molecular formula is C20H21F6NO. The normalized spacial score (nSPS) is 23.1. The second-order valence-corrected chi connectivity index (χ2v) is 7.95. The number of alkyl halides is 6. The molecule has 1 N–H and O–H groups in total. The lowest BCUT2D eigenvalue weighted by molar-refractivity contribution is -0.143. The first-order valence-electron chi connectivity index (χ1n) is 9.12. The van der Waals surface area contributed by atoms with E-state index in [1.165, 1.54) is 0 Å². The number of nitrogens with one attached hydrogen (secondary N) is 1. The van der Waals surface area contributed by atoms with Crippen LogP contribution in [0.1, 0.15) is 55.2 Å². The number of halogens is 6. The first kappa shape index (κ1) is 20.7. The zero-order chi connectivity index (χ0) is 20.7. The van der Waals surface area contributed by atoms with Gasteiger partial charge in [0.05, 0.1) is 16.5 Å². The fraction of sp³-hybridized carbons (Fsp3) is 0.550. The van der Waals surface area contributed by atoms with Crippen LogP contribution in [0.5, 0.6) is 0 Å². The van der Waals surface area contributed by atoms with E-state index in [-0.39, 0.29) is 24.1 Å². The standard InChI is InChI=1S/C20H21F6NO/c1-12-4-5-18(9-12,10-13-2-3-13)17(28)27-11-14-6-15(19(21,22)23)8-16(7-14)20(24,25)26/h6-8,13H,1-5,9-11H2,(H,27,28). The number of allylic oxidation sites excluding steroid dienone is 1. The lowest BCUT2D eigenvalue weighted by atomic mass is 9.79. The van der Waals surface area contributed by atoms with Crippen molar-refractivity contribution in [2.24, 2.45) is 11.3 Å². The molecule has 1 atom stereocenters. The van der Waals surface area contributed by atoms with Gasteiger partial charge in [-0.3, -0.25) is 4.79 Å². The lowest BCUT2D eigenvalue weighted by Gasteiger charge is -2.28. The average Bonchev–Trinajstić information content (AvgIpc) is 3.31. The molecule has 2 aliphatic rings. The Morgan fingerprint density at radius 3 is 2.07 bits per heavy atom. The summed E-state index contributed by atoms with van der Waals surface area (Å²) in [5.74, 6) is 0.144. The van der Waals surface area contributed by atoms with Crippen LogP contribution in [-0.4, -0.2) is 5.91 Å². The fourth-order valence-electron chi connectivity index (χ4n) is 3.90. The quantitative estimate of drug-likeness (QED) is 0.482. The number of amides is 1. The highest BCUT2D eigenvalue weighted by molar-refractivity contribution is 5.83.